The first kappa shape index (κ1) is 20.7. The predicted molar refractivity (Wildman–Crippen MR) is 110 cm³/mol. The van der Waals surface area contributed by atoms with Crippen molar-refractivity contribution in [1.29, 1.82) is 5.26 Å². The van der Waals surface area contributed by atoms with Crippen molar-refractivity contribution in [2.45, 2.75) is 44.6 Å². The van der Waals surface area contributed by atoms with Gasteiger partial charge in [-0.25, -0.2) is 4.79 Å². The van der Waals surface area contributed by atoms with E-state index in [1.54, 1.807) is 31.2 Å². The molecule has 2 aromatic rings. The summed E-state index contributed by atoms with van der Waals surface area (Å²) in [5.41, 5.74) is 2.26. The van der Waals surface area contributed by atoms with Crippen molar-refractivity contribution in [3.05, 3.63) is 58.7 Å². The molecule has 1 fully saturated rings. The van der Waals surface area contributed by atoms with E-state index >= 15 is 0 Å². The molecule has 3 rings (SSSR count). The first-order valence-electron chi connectivity index (χ1n) is 9.85. The van der Waals surface area contributed by atoms with Crippen molar-refractivity contribution in [2.24, 2.45) is 0 Å². The van der Waals surface area contributed by atoms with E-state index in [0.29, 0.717) is 34.9 Å². The molecule has 6 heteroatoms. The number of hydrogen-bond donors (Lipinski definition) is 3. The lowest BCUT2D eigenvalue weighted by molar-refractivity contribution is -0.142. The molecule has 0 heterocycles. The molecule has 0 amide bonds. The molecule has 152 valence electrons. The Bertz CT molecular complexity index is 929. The number of aryl methyl sites for hydroxylation is 1. The summed E-state index contributed by atoms with van der Waals surface area (Å²) < 4.78 is 5.84. The summed E-state index contributed by atoms with van der Waals surface area (Å²) in [6.45, 7) is 3.56. The number of aliphatic hydroxyl groups is 1. The van der Waals surface area contributed by atoms with E-state index in [2.05, 4.69) is 17.5 Å². The van der Waals surface area contributed by atoms with Crippen LogP contribution in [0.1, 0.15) is 54.9 Å². The van der Waals surface area contributed by atoms with Gasteiger partial charge in [-0.2, -0.15) is 5.26 Å². The van der Waals surface area contributed by atoms with Crippen LogP contribution in [0.2, 0.25) is 0 Å². The van der Waals surface area contributed by atoms with E-state index in [0.717, 1.165) is 24.0 Å². The maximum Gasteiger partial charge on any atom is 0.333 e. The van der Waals surface area contributed by atoms with E-state index in [9.17, 15) is 15.0 Å². The molecule has 0 spiro atoms. The van der Waals surface area contributed by atoms with Gasteiger partial charge in [0.05, 0.1) is 18.2 Å². The Balaban J connectivity index is 2.11. The van der Waals surface area contributed by atoms with Gasteiger partial charge in [-0.3, -0.25) is 0 Å². The van der Waals surface area contributed by atoms with Gasteiger partial charge in [0.15, 0.2) is 5.54 Å². The summed E-state index contributed by atoms with van der Waals surface area (Å²) in [7, 11) is 0. The lowest BCUT2D eigenvalue weighted by Gasteiger charge is -2.31. The summed E-state index contributed by atoms with van der Waals surface area (Å²) in [6.07, 6.45) is 2.90. The van der Waals surface area contributed by atoms with Crippen LogP contribution >= 0.6 is 0 Å². The second kappa shape index (κ2) is 8.54. The highest BCUT2D eigenvalue weighted by Gasteiger charge is 2.40. The highest BCUT2D eigenvalue weighted by Crippen LogP contribution is 2.45. The van der Waals surface area contributed by atoms with Crippen molar-refractivity contribution in [1.82, 2.24) is 0 Å². The minimum Gasteiger partial charge on any atom is -0.491 e. The Morgan fingerprint density at radius 2 is 2.00 bits per heavy atom. The fourth-order valence-corrected chi connectivity index (χ4v) is 3.47. The molecular weight excluding hydrogens is 368 g/mol. The third-order valence-corrected chi connectivity index (χ3v) is 5.33. The van der Waals surface area contributed by atoms with Crippen LogP contribution in [0, 0.1) is 11.3 Å². The standard InChI is InChI=1S/C23H26N2O4/c1-3-16-12-18(17-6-7-17)13-20(21(16)29-11-10-26)23(2,22(27)28)25-19-8-4-15(14-24)5-9-19/h4-5,8-9,12-13,17,25-26H,3,6-7,10-11H2,1-2H3,(H,27,28). The number of rotatable bonds is 9. The lowest BCUT2D eigenvalue weighted by atomic mass is 9.86. The highest BCUT2D eigenvalue weighted by atomic mass is 16.5. The third-order valence-electron chi connectivity index (χ3n) is 5.33. The molecule has 1 atom stereocenters. The van der Waals surface area contributed by atoms with Crippen LogP contribution in [-0.4, -0.2) is 29.4 Å². The normalized spacial score (nSPS) is 15.2. The average Bonchev–Trinajstić information content (AvgIpc) is 3.57. The fraction of sp³-hybridized carbons (Fsp3) is 0.391. The van der Waals surface area contributed by atoms with Gasteiger partial charge in [0.2, 0.25) is 0 Å². The van der Waals surface area contributed by atoms with Gasteiger partial charge in [-0.1, -0.05) is 13.0 Å². The minimum absolute atomic E-state index is 0.0926. The fourth-order valence-electron chi connectivity index (χ4n) is 3.47. The van der Waals surface area contributed by atoms with Crippen molar-refractivity contribution < 1.29 is 19.7 Å². The molecule has 0 aliphatic heterocycles. The summed E-state index contributed by atoms with van der Waals surface area (Å²) >= 11 is 0. The van der Waals surface area contributed by atoms with Crippen LogP contribution in [0.4, 0.5) is 5.69 Å². The van der Waals surface area contributed by atoms with Crippen molar-refractivity contribution in [3.63, 3.8) is 0 Å². The SMILES string of the molecule is CCc1cc(C2CC2)cc(C(C)(Nc2ccc(C#N)cc2)C(=O)O)c1OCCO. The van der Waals surface area contributed by atoms with E-state index in [1.807, 2.05) is 13.0 Å². The first-order chi connectivity index (χ1) is 13.9. The van der Waals surface area contributed by atoms with E-state index in [4.69, 9.17) is 10.00 Å². The van der Waals surface area contributed by atoms with E-state index in [1.165, 1.54) is 0 Å². The van der Waals surface area contributed by atoms with Gasteiger partial charge < -0.3 is 20.3 Å². The van der Waals surface area contributed by atoms with Crippen LogP contribution in [0.15, 0.2) is 36.4 Å². The van der Waals surface area contributed by atoms with Crippen molar-refractivity contribution in [2.75, 3.05) is 18.5 Å². The second-order valence-corrected chi connectivity index (χ2v) is 7.50. The zero-order chi connectivity index (χ0) is 21.0. The van der Waals surface area contributed by atoms with Crippen LogP contribution in [0.3, 0.4) is 0 Å². The first-order valence-corrected chi connectivity index (χ1v) is 9.85. The second-order valence-electron chi connectivity index (χ2n) is 7.50. The Labute approximate surface area is 170 Å². The number of benzene rings is 2. The molecule has 1 unspecified atom stereocenters. The van der Waals surface area contributed by atoms with Gasteiger partial charge in [0.1, 0.15) is 12.4 Å². The molecule has 1 saturated carbocycles. The number of carboxylic acid groups (broad SMARTS) is 1. The summed E-state index contributed by atoms with van der Waals surface area (Å²) in [4.78, 5) is 12.5. The lowest BCUT2D eigenvalue weighted by Crippen LogP contribution is -2.41. The Morgan fingerprint density at radius 3 is 2.52 bits per heavy atom. The number of ether oxygens (including phenoxy) is 1. The molecule has 0 saturated heterocycles. The molecule has 0 radical (unpaired) electrons. The molecule has 1 aliphatic rings. The molecule has 2 aromatic carbocycles. The number of nitrogens with zero attached hydrogens (tertiary/aromatic N) is 1. The molecule has 29 heavy (non-hydrogen) atoms. The van der Waals surface area contributed by atoms with E-state index < -0.39 is 11.5 Å². The summed E-state index contributed by atoms with van der Waals surface area (Å²) in [5, 5.41) is 31.6. The van der Waals surface area contributed by atoms with Gasteiger partial charge >= 0.3 is 5.97 Å². The number of nitrogens with one attached hydrogen (secondary N) is 1. The van der Waals surface area contributed by atoms with Gasteiger partial charge in [-0.05, 0) is 73.6 Å². The number of anilines is 1. The number of carbonyl (C=O) groups is 1. The Kier molecular flexibility index (Phi) is 6.09. The van der Waals surface area contributed by atoms with E-state index in [-0.39, 0.29) is 13.2 Å². The highest BCUT2D eigenvalue weighted by molar-refractivity contribution is 5.85. The maximum atomic E-state index is 12.5. The Hall–Kier alpha value is -3.04. The maximum absolute atomic E-state index is 12.5. The molecular formula is C23H26N2O4. The van der Waals surface area contributed by atoms with Gasteiger partial charge in [0, 0.05) is 11.3 Å². The number of carboxylic acids is 1. The predicted octanol–water partition coefficient (Wildman–Crippen LogP) is 3.78. The minimum atomic E-state index is -1.45. The topological polar surface area (TPSA) is 103 Å². The van der Waals surface area contributed by atoms with Crippen molar-refractivity contribution >= 4 is 11.7 Å². The molecule has 3 N–H and O–H groups in total. The van der Waals surface area contributed by atoms with Crippen LogP contribution in [0.25, 0.3) is 0 Å². The molecule has 1 aliphatic carbocycles. The molecule has 0 bridgehead atoms. The van der Waals surface area contributed by atoms with Gasteiger partial charge in [0.25, 0.3) is 0 Å². The number of aliphatic carboxylic acids is 1. The third kappa shape index (κ3) is 4.36. The smallest absolute Gasteiger partial charge is 0.333 e. The van der Waals surface area contributed by atoms with Crippen LogP contribution < -0.4 is 10.1 Å². The quantitative estimate of drug-likeness (QED) is 0.598. The Morgan fingerprint density at radius 1 is 1.31 bits per heavy atom. The number of hydrogen-bond acceptors (Lipinski definition) is 5. The zero-order valence-corrected chi connectivity index (χ0v) is 16.7. The molecule has 6 nitrogen and oxygen atoms in total. The summed E-state index contributed by atoms with van der Waals surface area (Å²) in [5.74, 6) is -0.0680. The molecule has 0 aromatic heterocycles. The number of nitriles is 1. The van der Waals surface area contributed by atoms with Crippen molar-refractivity contribution in [3.8, 4) is 11.8 Å². The number of aliphatic hydroxyl groups excluding tert-OH is 1. The van der Waals surface area contributed by atoms with Crippen LogP contribution in [-0.2, 0) is 16.8 Å². The largest absolute Gasteiger partial charge is 0.491 e. The van der Waals surface area contributed by atoms with Crippen LogP contribution in [0.5, 0.6) is 5.75 Å². The van der Waals surface area contributed by atoms with Gasteiger partial charge in [-0.15, -0.1) is 0 Å². The average molecular weight is 394 g/mol. The monoisotopic (exact) mass is 394 g/mol. The zero-order valence-electron chi connectivity index (χ0n) is 16.7. The summed E-state index contributed by atoms with van der Waals surface area (Å²) in [6, 6.07) is 12.8.